The summed E-state index contributed by atoms with van der Waals surface area (Å²) < 4.78 is 0. The van der Waals surface area contributed by atoms with Gasteiger partial charge in [0.15, 0.2) is 0 Å². The van der Waals surface area contributed by atoms with Gasteiger partial charge in [-0.1, -0.05) is 25.3 Å². The van der Waals surface area contributed by atoms with E-state index < -0.39 is 0 Å². The predicted molar refractivity (Wildman–Crippen MR) is 75.6 cm³/mol. The van der Waals surface area contributed by atoms with Gasteiger partial charge in [0, 0.05) is 12.1 Å². The second-order valence-electron chi connectivity index (χ2n) is 5.01. The minimum Gasteiger partial charge on any atom is -0.313 e. The monoisotopic (exact) mass is 261 g/mol. The van der Waals surface area contributed by atoms with Gasteiger partial charge in [-0.2, -0.15) is 5.10 Å². The number of nitrogens with one attached hydrogen (secondary N) is 2. The predicted octanol–water partition coefficient (Wildman–Crippen LogP) is 3.42. The first-order valence-electron chi connectivity index (χ1n) is 6.70. The van der Waals surface area contributed by atoms with E-state index in [-0.39, 0.29) is 0 Å². The average molecular weight is 261 g/mol. The van der Waals surface area contributed by atoms with E-state index in [2.05, 4.69) is 33.0 Å². The molecule has 4 heteroatoms. The van der Waals surface area contributed by atoms with Crippen molar-refractivity contribution in [2.45, 2.75) is 32.2 Å². The Labute approximate surface area is 112 Å². The van der Waals surface area contributed by atoms with E-state index in [0.29, 0.717) is 0 Å². The molecule has 0 radical (unpaired) electrons. The Balaban J connectivity index is 1.51. The van der Waals surface area contributed by atoms with Gasteiger partial charge in [-0.25, -0.2) is 0 Å². The lowest BCUT2D eigenvalue weighted by atomic mass is 9.83. The van der Waals surface area contributed by atoms with Gasteiger partial charge in [-0.3, -0.25) is 5.10 Å². The highest BCUT2D eigenvalue weighted by atomic mass is 32.1. The standard InChI is InChI=1S/C14H19N3S/c1-3-11(4-1)6-7-15-9-12-10-16-17-14(12)13-5-2-8-18-13/h2,5,8,10-11,15H,1,3-4,6-7,9H2,(H,16,17). The summed E-state index contributed by atoms with van der Waals surface area (Å²) in [6.45, 7) is 2.04. The molecule has 18 heavy (non-hydrogen) atoms. The van der Waals surface area contributed by atoms with Crippen molar-refractivity contribution in [3.8, 4) is 10.6 Å². The lowest BCUT2D eigenvalue weighted by Crippen LogP contribution is -2.21. The van der Waals surface area contributed by atoms with E-state index in [4.69, 9.17) is 0 Å². The molecule has 0 aliphatic heterocycles. The van der Waals surface area contributed by atoms with E-state index >= 15 is 0 Å². The number of nitrogens with zero attached hydrogens (tertiary/aromatic N) is 1. The quantitative estimate of drug-likeness (QED) is 0.782. The highest BCUT2D eigenvalue weighted by molar-refractivity contribution is 7.13. The summed E-state index contributed by atoms with van der Waals surface area (Å²) in [7, 11) is 0. The fraction of sp³-hybridized carbons (Fsp3) is 0.500. The Morgan fingerprint density at radius 3 is 3.11 bits per heavy atom. The summed E-state index contributed by atoms with van der Waals surface area (Å²) in [5.74, 6) is 0.985. The van der Waals surface area contributed by atoms with Crippen LogP contribution in [0, 0.1) is 5.92 Å². The number of hydrogen-bond donors (Lipinski definition) is 2. The molecule has 1 aliphatic rings. The Morgan fingerprint density at radius 2 is 2.39 bits per heavy atom. The molecule has 0 aromatic carbocycles. The third-order valence-electron chi connectivity index (χ3n) is 3.75. The number of rotatable bonds is 6. The third-order valence-corrected chi connectivity index (χ3v) is 4.64. The van der Waals surface area contributed by atoms with Gasteiger partial charge in [0.2, 0.25) is 0 Å². The highest BCUT2D eigenvalue weighted by Gasteiger charge is 2.16. The Hall–Kier alpha value is -1.13. The van der Waals surface area contributed by atoms with Gasteiger partial charge in [0.25, 0.3) is 0 Å². The second kappa shape index (κ2) is 5.67. The maximum Gasteiger partial charge on any atom is 0.0794 e. The van der Waals surface area contributed by atoms with Crippen molar-refractivity contribution in [2.75, 3.05) is 6.54 Å². The van der Waals surface area contributed by atoms with Gasteiger partial charge in [-0.05, 0) is 30.3 Å². The van der Waals surface area contributed by atoms with Gasteiger partial charge < -0.3 is 5.32 Å². The van der Waals surface area contributed by atoms with Crippen LogP contribution in [0.25, 0.3) is 10.6 Å². The first kappa shape index (κ1) is 11.9. The molecule has 0 amide bonds. The molecule has 0 unspecified atom stereocenters. The second-order valence-corrected chi connectivity index (χ2v) is 5.96. The summed E-state index contributed by atoms with van der Waals surface area (Å²) >= 11 is 1.75. The molecule has 0 saturated heterocycles. The normalized spacial score (nSPS) is 15.8. The van der Waals surface area contributed by atoms with Crippen molar-refractivity contribution < 1.29 is 0 Å². The van der Waals surface area contributed by atoms with E-state index in [0.717, 1.165) is 19.0 Å². The molecular formula is C14H19N3S. The lowest BCUT2D eigenvalue weighted by molar-refractivity contribution is 0.292. The number of thiophene rings is 1. The minimum absolute atomic E-state index is 0.913. The first-order valence-corrected chi connectivity index (χ1v) is 7.58. The number of H-pyrrole nitrogens is 1. The molecule has 0 atom stereocenters. The topological polar surface area (TPSA) is 40.7 Å². The Morgan fingerprint density at radius 1 is 1.44 bits per heavy atom. The summed E-state index contributed by atoms with van der Waals surface area (Å²) in [4.78, 5) is 1.27. The average Bonchev–Trinajstić information content (AvgIpc) is 2.96. The summed E-state index contributed by atoms with van der Waals surface area (Å²) in [5, 5.41) is 12.9. The molecule has 0 spiro atoms. The molecule has 1 fully saturated rings. The third kappa shape index (κ3) is 2.65. The minimum atomic E-state index is 0.913. The van der Waals surface area contributed by atoms with E-state index in [1.165, 1.54) is 41.8 Å². The molecule has 2 aromatic rings. The van der Waals surface area contributed by atoms with Gasteiger partial charge in [0.1, 0.15) is 0 Å². The van der Waals surface area contributed by atoms with Crippen LogP contribution in [-0.4, -0.2) is 16.7 Å². The first-order chi connectivity index (χ1) is 8.93. The molecule has 0 bridgehead atoms. The molecule has 2 N–H and O–H groups in total. The molecule has 1 aliphatic carbocycles. The number of aromatic nitrogens is 2. The van der Waals surface area contributed by atoms with Crippen molar-refractivity contribution in [3.63, 3.8) is 0 Å². The summed E-state index contributed by atoms with van der Waals surface area (Å²) in [6.07, 6.45) is 7.58. The zero-order valence-electron chi connectivity index (χ0n) is 10.5. The largest absolute Gasteiger partial charge is 0.313 e. The smallest absolute Gasteiger partial charge is 0.0794 e. The van der Waals surface area contributed by atoms with Crippen LogP contribution in [0.3, 0.4) is 0 Å². The highest BCUT2D eigenvalue weighted by Crippen LogP contribution is 2.29. The fourth-order valence-corrected chi connectivity index (χ4v) is 3.15. The molecule has 2 heterocycles. The lowest BCUT2D eigenvalue weighted by Gasteiger charge is -2.25. The molecule has 96 valence electrons. The molecular weight excluding hydrogens is 242 g/mol. The Kier molecular flexibility index (Phi) is 3.76. The number of hydrogen-bond acceptors (Lipinski definition) is 3. The van der Waals surface area contributed by atoms with E-state index in [1.54, 1.807) is 11.3 Å². The van der Waals surface area contributed by atoms with Gasteiger partial charge >= 0.3 is 0 Å². The van der Waals surface area contributed by atoms with Crippen LogP contribution < -0.4 is 5.32 Å². The van der Waals surface area contributed by atoms with Crippen molar-refractivity contribution >= 4 is 11.3 Å². The number of aromatic amines is 1. The van der Waals surface area contributed by atoms with Crippen LogP contribution in [0.2, 0.25) is 0 Å². The van der Waals surface area contributed by atoms with Crippen LogP contribution in [0.4, 0.5) is 0 Å². The zero-order chi connectivity index (χ0) is 12.2. The Bertz CT molecular complexity index is 471. The molecule has 2 aromatic heterocycles. The van der Waals surface area contributed by atoms with Crippen LogP contribution in [0.1, 0.15) is 31.2 Å². The molecule has 3 nitrogen and oxygen atoms in total. The maximum atomic E-state index is 4.16. The maximum absolute atomic E-state index is 4.16. The summed E-state index contributed by atoms with van der Waals surface area (Å²) in [6, 6.07) is 4.21. The summed E-state index contributed by atoms with van der Waals surface area (Å²) in [5.41, 5.74) is 2.44. The van der Waals surface area contributed by atoms with Gasteiger partial charge in [-0.15, -0.1) is 11.3 Å². The zero-order valence-corrected chi connectivity index (χ0v) is 11.3. The SMILES string of the molecule is c1csc(-c2[nH]ncc2CNCCC2CCC2)c1. The van der Waals surface area contributed by atoms with Crippen LogP contribution in [-0.2, 0) is 6.54 Å². The van der Waals surface area contributed by atoms with E-state index in [1.807, 2.05) is 6.20 Å². The van der Waals surface area contributed by atoms with Crippen molar-refractivity contribution in [1.29, 1.82) is 0 Å². The van der Waals surface area contributed by atoms with Crippen molar-refractivity contribution in [3.05, 3.63) is 29.3 Å². The molecule has 3 rings (SSSR count). The van der Waals surface area contributed by atoms with Crippen molar-refractivity contribution in [1.82, 2.24) is 15.5 Å². The fourth-order valence-electron chi connectivity index (χ4n) is 2.39. The molecule has 1 saturated carbocycles. The van der Waals surface area contributed by atoms with Crippen LogP contribution in [0.5, 0.6) is 0 Å². The van der Waals surface area contributed by atoms with Crippen molar-refractivity contribution in [2.24, 2.45) is 5.92 Å². The van der Waals surface area contributed by atoms with Gasteiger partial charge in [0.05, 0.1) is 16.8 Å². The van der Waals surface area contributed by atoms with Crippen LogP contribution >= 0.6 is 11.3 Å². The van der Waals surface area contributed by atoms with E-state index in [9.17, 15) is 0 Å². The van der Waals surface area contributed by atoms with Crippen LogP contribution in [0.15, 0.2) is 23.7 Å².